The lowest BCUT2D eigenvalue weighted by Crippen LogP contribution is -2.53. The summed E-state index contributed by atoms with van der Waals surface area (Å²) >= 11 is 1.25. The predicted octanol–water partition coefficient (Wildman–Crippen LogP) is 5.05. The van der Waals surface area contributed by atoms with Gasteiger partial charge in [-0.1, -0.05) is 78.9 Å². The van der Waals surface area contributed by atoms with Crippen LogP contribution in [-0.2, 0) is 23.3 Å². The van der Waals surface area contributed by atoms with Gasteiger partial charge in [0.05, 0.1) is 23.2 Å². The molecule has 3 aromatic carbocycles. The Morgan fingerprint density at radius 1 is 0.897 bits per heavy atom. The Labute approximate surface area is 227 Å². The molecule has 4 heterocycles. The minimum atomic E-state index is -1.77. The lowest BCUT2D eigenvalue weighted by atomic mass is 9.84. The van der Waals surface area contributed by atoms with Crippen molar-refractivity contribution in [3.63, 3.8) is 0 Å². The zero-order valence-corrected chi connectivity index (χ0v) is 21.8. The van der Waals surface area contributed by atoms with Crippen molar-refractivity contribution >= 4 is 44.9 Å². The van der Waals surface area contributed by atoms with Crippen LogP contribution in [0.2, 0.25) is 0 Å². The second kappa shape index (κ2) is 8.71. The maximum Gasteiger partial charge on any atom is 0.297 e. The molecule has 0 bridgehead atoms. The molecule has 0 radical (unpaired) electrons. The van der Waals surface area contributed by atoms with E-state index in [1.165, 1.54) is 16.2 Å². The maximum atomic E-state index is 14.8. The molecule has 5 aromatic rings. The molecule has 1 atom stereocenters. The van der Waals surface area contributed by atoms with E-state index in [4.69, 9.17) is 4.42 Å². The van der Waals surface area contributed by atoms with Gasteiger partial charge < -0.3 is 9.32 Å². The average Bonchev–Trinajstić information content (AvgIpc) is 3.59. The van der Waals surface area contributed by atoms with E-state index in [-0.39, 0.29) is 28.6 Å². The SMILES string of the molecule is CCCc1nnc(N2C(=O)c3oc4ccccc4c(=O)c3C23C(=O)N(Cc2ccccc2)c2ccccc23)s1. The summed E-state index contributed by atoms with van der Waals surface area (Å²) < 4.78 is 6.10. The largest absolute Gasteiger partial charge is 0.450 e. The van der Waals surface area contributed by atoms with Gasteiger partial charge in [0.1, 0.15) is 10.6 Å². The van der Waals surface area contributed by atoms with Crippen molar-refractivity contribution < 1.29 is 14.0 Å². The molecular formula is C30H22N4O4S. The number of hydrogen-bond donors (Lipinski definition) is 0. The Bertz CT molecular complexity index is 1850. The molecule has 8 nitrogen and oxygen atoms in total. The molecule has 0 N–H and O–H groups in total. The first-order valence-electron chi connectivity index (χ1n) is 12.7. The van der Waals surface area contributed by atoms with Crippen molar-refractivity contribution in [2.45, 2.75) is 31.8 Å². The number of carbonyl (C=O) groups is 2. The van der Waals surface area contributed by atoms with E-state index < -0.39 is 22.8 Å². The molecule has 2 aliphatic rings. The van der Waals surface area contributed by atoms with Crippen LogP contribution >= 0.6 is 11.3 Å². The van der Waals surface area contributed by atoms with E-state index in [1.807, 2.05) is 55.5 Å². The molecule has 2 amide bonds. The number of fused-ring (bicyclic) bond motifs is 5. The summed E-state index contributed by atoms with van der Waals surface area (Å²) in [5.74, 6) is -1.14. The minimum Gasteiger partial charge on any atom is -0.450 e. The van der Waals surface area contributed by atoms with Crippen molar-refractivity contribution in [2.24, 2.45) is 0 Å². The number of hydrogen-bond acceptors (Lipinski definition) is 7. The van der Waals surface area contributed by atoms with E-state index in [0.29, 0.717) is 23.1 Å². The van der Waals surface area contributed by atoms with Gasteiger partial charge in [-0.05, 0) is 30.2 Å². The molecule has 0 fully saturated rings. The van der Waals surface area contributed by atoms with Gasteiger partial charge in [-0.2, -0.15) is 0 Å². The standard InChI is InChI=1S/C30H22N4O4S/c1-2-10-23-31-32-29(39-23)34-27(36)26-24(25(35)19-13-6-9-16-22(19)38-26)30(34)20-14-7-8-15-21(20)33(28(30)37)17-18-11-4-3-5-12-18/h3-9,11-16H,2,10,17H2,1H3. The molecule has 1 unspecified atom stereocenters. The molecule has 0 aliphatic carbocycles. The van der Waals surface area contributed by atoms with Crippen LogP contribution in [0.25, 0.3) is 11.0 Å². The number of carbonyl (C=O) groups excluding carboxylic acids is 2. The highest BCUT2D eigenvalue weighted by molar-refractivity contribution is 7.15. The van der Waals surface area contributed by atoms with Crippen LogP contribution in [0.15, 0.2) is 88.1 Å². The van der Waals surface area contributed by atoms with Gasteiger partial charge in [-0.3, -0.25) is 19.3 Å². The van der Waals surface area contributed by atoms with E-state index in [2.05, 4.69) is 10.2 Å². The summed E-state index contributed by atoms with van der Waals surface area (Å²) in [5.41, 5.74) is 0.203. The summed E-state index contributed by atoms with van der Waals surface area (Å²) in [4.78, 5) is 46.2. The fraction of sp³-hybridized carbons (Fsp3) is 0.167. The van der Waals surface area contributed by atoms with Crippen molar-refractivity contribution in [1.29, 1.82) is 0 Å². The summed E-state index contributed by atoms with van der Waals surface area (Å²) in [7, 11) is 0. The van der Waals surface area contributed by atoms with Crippen LogP contribution < -0.4 is 15.2 Å². The minimum absolute atomic E-state index is 0.0199. The second-order valence-corrected chi connectivity index (χ2v) is 10.6. The molecule has 39 heavy (non-hydrogen) atoms. The first-order chi connectivity index (χ1) is 19.1. The monoisotopic (exact) mass is 534 g/mol. The first kappa shape index (κ1) is 23.5. The van der Waals surface area contributed by atoms with Crippen LogP contribution in [0.3, 0.4) is 0 Å². The lowest BCUT2D eigenvalue weighted by Gasteiger charge is -2.32. The Morgan fingerprint density at radius 3 is 2.46 bits per heavy atom. The van der Waals surface area contributed by atoms with Gasteiger partial charge in [0.15, 0.2) is 11.0 Å². The van der Waals surface area contributed by atoms with Gasteiger partial charge in [0, 0.05) is 12.0 Å². The Kier molecular flexibility index (Phi) is 5.24. The van der Waals surface area contributed by atoms with Crippen LogP contribution in [0.5, 0.6) is 0 Å². The molecule has 2 aliphatic heterocycles. The summed E-state index contributed by atoms with van der Waals surface area (Å²) in [5, 5.41) is 9.94. The number of aryl methyl sites for hydroxylation is 1. The first-order valence-corrected chi connectivity index (χ1v) is 13.6. The number of amides is 2. The topological polar surface area (TPSA) is 96.6 Å². The Balaban J connectivity index is 1.54. The van der Waals surface area contributed by atoms with Crippen LogP contribution in [-0.4, -0.2) is 22.0 Å². The molecule has 7 rings (SSSR count). The van der Waals surface area contributed by atoms with Gasteiger partial charge in [0.25, 0.3) is 11.8 Å². The zero-order valence-electron chi connectivity index (χ0n) is 21.0. The molecular weight excluding hydrogens is 512 g/mol. The highest BCUT2D eigenvalue weighted by Gasteiger charge is 2.66. The number of aromatic nitrogens is 2. The quantitative estimate of drug-likeness (QED) is 0.313. The van der Waals surface area contributed by atoms with E-state index in [0.717, 1.165) is 17.0 Å². The van der Waals surface area contributed by atoms with Crippen LogP contribution in [0, 0.1) is 0 Å². The van der Waals surface area contributed by atoms with Gasteiger partial charge >= 0.3 is 0 Å². The zero-order chi connectivity index (χ0) is 26.7. The summed E-state index contributed by atoms with van der Waals surface area (Å²) in [6.07, 6.45) is 1.54. The normalized spacial score (nSPS) is 17.9. The lowest BCUT2D eigenvalue weighted by molar-refractivity contribution is -0.121. The molecule has 2 aromatic heterocycles. The number of anilines is 2. The summed E-state index contributed by atoms with van der Waals surface area (Å²) in [6.45, 7) is 2.30. The van der Waals surface area contributed by atoms with Crippen molar-refractivity contribution in [1.82, 2.24) is 10.2 Å². The third kappa shape index (κ3) is 3.20. The van der Waals surface area contributed by atoms with Crippen molar-refractivity contribution in [3.05, 3.63) is 117 Å². The van der Waals surface area contributed by atoms with E-state index >= 15 is 0 Å². The Morgan fingerprint density at radius 2 is 1.64 bits per heavy atom. The van der Waals surface area contributed by atoms with Gasteiger partial charge in [0.2, 0.25) is 10.9 Å². The number of para-hydroxylation sites is 2. The number of benzene rings is 3. The third-order valence-corrected chi connectivity index (χ3v) is 8.29. The molecule has 1 spiro atoms. The average molecular weight is 535 g/mol. The molecule has 9 heteroatoms. The number of nitrogens with zero attached hydrogens (tertiary/aromatic N) is 4. The van der Waals surface area contributed by atoms with E-state index in [9.17, 15) is 14.4 Å². The maximum absolute atomic E-state index is 14.8. The summed E-state index contributed by atoms with van der Waals surface area (Å²) in [6, 6.07) is 23.7. The highest BCUT2D eigenvalue weighted by Crippen LogP contribution is 2.54. The smallest absolute Gasteiger partial charge is 0.297 e. The fourth-order valence-corrected chi connectivity index (χ4v) is 6.67. The van der Waals surface area contributed by atoms with Gasteiger partial charge in [-0.15, -0.1) is 10.2 Å². The number of rotatable bonds is 5. The van der Waals surface area contributed by atoms with E-state index in [1.54, 1.807) is 35.2 Å². The van der Waals surface area contributed by atoms with Gasteiger partial charge in [-0.25, -0.2) is 0 Å². The Hall–Kier alpha value is -4.63. The predicted molar refractivity (Wildman–Crippen MR) is 148 cm³/mol. The molecule has 0 saturated heterocycles. The molecule has 0 saturated carbocycles. The van der Waals surface area contributed by atoms with Crippen molar-refractivity contribution in [2.75, 3.05) is 9.80 Å². The highest BCUT2D eigenvalue weighted by atomic mass is 32.1. The molecule has 192 valence electrons. The van der Waals surface area contributed by atoms with Crippen molar-refractivity contribution in [3.8, 4) is 0 Å². The second-order valence-electron chi connectivity index (χ2n) is 9.60. The third-order valence-electron chi connectivity index (χ3n) is 7.33. The van der Waals surface area contributed by atoms with Crippen LogP contribution in [0.1, 0.15) is 45.6 Å². The fourth-order valence-electron chi connectivity index (χ4n) is 5.68. The van der Waals surface area contributed by atoms with Crippen LogP contribution in [0.4, 0.5) is 10.8 Å².